The van der Waals surface area contributed by atoms with Gasteiger partial charge in [0.05, 0.1) is 17.1 Å². The summed E-state index contributed by atoms with van der Waals surface area (Å²) in [4.78, 5) is 35.2. The van der Waals surface area contributed by atoms with Crippen molar-refractivity contribution < 1.29 is 24.4 Å². The van der Waals surface area contributed by atoms with Crippen molar-refractivity contribution in [3.63, 3.8) is 0 Å². The van der Waals surface area contributed by atoms with Crippen molar-refractivity contribution in [2.75, 3.05) is 6.61 Å². The minimum Gasteiger partial charge on any atom is -0.500 e. The molecule has 0 unspecified atom stereocenters. The summed E-state index contributed by atoms with van der Waals surface area (Å²) in [6.07, 6.45) is 1.28. The highest BCUT2D eigenvalue weighted by molar-refractivity contribution is 6.41. The van der Waals surface area contributed by atoms with Crippen LogP contribution in [0.2, 0.25) is 0 Å². The van der Waals surface area contributed by atoms with Crippen molar-refractivity contribution in [1.29, 1.82) is 0 Å². The predicted octanol–water partition coefficient (Wildman–Crippen LogP) is 3.16. The highest BCUT2D eigenvalue weighted by Crippen LogP contribution is 2.38. The molecule has 0 atom stereocenters. The molecule has 0 aromatic heterocycles. The van der Waals surface area contributed by atoms with Crippen molar-refractivity contribution in [1.82, 2.24) is 0 Å². The molecule has 3 rings (SSSR count). The molecule has 0 aliphatic heterocycles. The summed E-state index contributed by atoms with van der Waals surface area (Å²) in [7, 11) is 0. The topological polar surface area (TPSA) is 107 Å². The third-order valence-corrected chi connectivity index (χ3v) is 3.79. The van der Waals surface area contributed by atoms with Gasteiger partial charge in [0, 0.05) is 17.2 Å². The number of rotatable bonds is 4. The van der Waals surface area contributed by atoms with Crippen molar-refractivity contribution in [3.8, 4) is 11.5 Å². The van der Waals surface area contributed by atoms with Gasteiger partial charge in [-0.3, -0.25) is 19.7 Å². The minimum absolute atomic E-state index is 0.0800. The van der Waals surface area contributed by atoms with Crippen LogP contribution in [0.15, 0.2) is 42.0 Å². The third-order valence-electron chi connectivity index (χ3n) is 3.79. The Morgan fingerprint density at radius 2 is 1.76 bits per heavy atom. The van der Waals surface area contributed by atoms with E-state index < -0.39 is 27.9 Å². The number of phenols is 1. The molecule has 7 heteroatoms. The summed E-state index contributed by atoms with van der Waals surface area (Å²) in [5, 5.41) is 21.0. The Bertz CT molecular complexity index is 908. The second kappa shape index (κ2) is 6.20. The number of benzene rings is 2. The van der Waals surface area contributed by atoms with E-state index in [0.29, 0.717) is 11.1 Å². The van der Waals surface area contributed by atoms with Crippen molar-refractivity contribution in [3.05, 3.63) is 68.8 Å². The summed E-state index contributed by atoms with van der Waals surface area (Å²) in [5.41, 5.74) is 0.184. The Morgan fingerprint density at radius 1 is 1.16 bits per heavy atom. The fourth-order valence-corrected chi connectivity index (χ4v) is 2.67. The highest BCUT2D eigenvalue weighted by atomic mass is 16.6. The molecule has 0 radical (unpaired) electrons. The number of allylic oxidation sites excluding steroid dienone is 1. The number of nitro benzene ring substituents is 1. The average Bonchev–Trinajstić information content (AvgIpc) is 2.83. The molecule has 1 aliphatic rings. The predicted molar refractivity (Wildman–Crippen MR) is 89.0 cm³/mol. The lowest BCUT2D eigenvalue weighted by Gasteiger charge is -2.07. The maximum absolute atomic E-state index is 12.4. The standard InChI is InChI=1S/C18H13NO6/c1-2-25-15-9-10(8-14(18(15)22)19(23)24)7-13-16(20)11-5-3-4-6-12(11)17(13)21/h3-9,22H,2H2,1H3. The van der Waals surface area contributed by atoms with Crippen LogP contribution in [-0.4, -0.2) is 28.2 Å². The van der Waals surface area contributed by atoms with E-state index >= 15 is 0 Å². The molecule has 0 amide bonds. The highest BCUT2D eigenvalue weighted by Gasteiger charge is 2.32. The Hall–Kier alpha value is -3.48. The van der Waals surface area contributed by atoms with Crippen molar-refractivity contribution in [2.45, 2.75) is 6.92 Å². The lowest BCUT2D eigenvalue weighted by molar-refractivity contribution is -0.386. The number of fused-ring (bicyclic) bond motifs is 1. The number of hydrogen-bond donors (Lipinski definition) is 1. The fourth-order valence-electron chi connectivity index (χ4n) is 2.67. The molecular formula is C18H13NO6. The van der Waals surface area contributed by atoms with Gasteiger partial charge in [-0.2, -0.15) is 0 Å². The van der Waals surface area contributed by atoms with Gasteiger partial charge in [-0.05, 0) is 24.6 Å². The van der Waals surface area contributed by atoms with E-state index in [1.807, 2.05) is 0 Å². The van der Waals surface area contributed by atoms with Crippen LogP contribution in [0.3, 0.4) is 0 Å². The van der Waals surface area contributed by atoms with Crippen LogP contribution >= 0.6 is 0 Å². The maximum Gasteiger partial charge on any atom is 0.315 e. The van der Waals surface area contributed by atoms with Crippen LogP contribution < -0.4 is 4.74 Å². The second-order valence-electron chi connectivity index (χ2n) is 5.34. The number of nitrogens with zero attached hydrogens (tertiary/aromatic N) is 1. The van der Waals surface area contributed by atoms with E-state index in [1.165, 1.54) is 12.1 Å². The lowest BCUT2D eigenvalue weighted by Crippen LogP contribution is -2.01. The summed E-state index contributed by atoms with van der Waals surface area (Å²) in [5.74, 6) is -1.55. The zero-order valence-electron chi connectivity index (χ0n) is 13.2. The first kappa shape index (κ1) is 16.4. The van der Waals surface area contributed by atoms with Crippen LogP contribution in [0.1, 0.15) is 33.2 Å². The number of carbonyl (C=O) groups is 2. The van der Waals surface area contributed by atoms with Gasteiger partial charge in [0.15, 0.2) is 17.3 Å². The SMILES string of the molecule is CCOc1cc(C=C2C(=O)c3ccccc3C2=O)cc([N+](=O)[O-])c1O. The number of phenolic OH excluding ortho intramolecular Hbond substituents is 1. The van der Waals surface area contributed by atoms with Gasteiger partial charge in [0.1, 0.15) is 0 Å². The lowest BCUT2D eigenvalue weighted by atomic mass is 10.1. The van der Waals surface area contributed by atoms with E-state index in [0.717, 1.165) is 6.07 Å². The first-order chi connectivity index (χ1) is 11.9. The van der Waals surface area contributed by atoms with Crippen molar-refractivity contribution in [2.24, 2.45) is 0 Å². The molecule has 0 fully saturated rings. The molecule has 0 heterocycles. The molecule has 1 N–H and O–H groups in total. The Kier molecular flexibility index (Phi) is 4.06. The number of hydrogen-bond acceptors (Lipinski definition) is 6. The molecule has 7 nitrogen and oxygen atoms in total. The van der Waals surface area contributed by atoms with E-state index in [-0.39, 0.29) is 23.5 Å². The Labute approximate surface area is 142 Å². The smallest absolute Gasteiger partial charge is 0.315 e. The average molecular weight is 339 g/mol. The molecular weight excluding hydrogens is 326 g/mol. The van der Waals surface area contributed by atoms with Gasteiger partial charge < -0.3 is 9.84 Å². The van der Waals surface area contributed by atoms with Crippen LogP contribution in [0, 0.1) is 10.1 Å². The summed E-state index contributed by atoms with van der Waals surface area (Å²) in [6, 6.07) is 8.87. The maximum atomic E-state index is 12.4. The van der Waals surface area contributed by atoms with Gasteiger partial charge in [-0.15, -0.1) is 0 Å². The quantitative estimate of drug-likeness (QED) is 0.397. The van der Waals surface area contributed by atoms with Crippen LogP contribution in [0.5, 0.6) is 11.5 Å². The molecule has 0 spiro atoms. The number of nitro groups is 1. The second-order valence-corrected chi connectivity index (χ2v) is 5.34. The fraction of sp³-hybridized carbons (Fsp3) is 0.111. The molecule has 0 saturated heterocycles. The minimum atomic E-state index is -0.757. The molecule has 0 bridgehead atoms. The van der Waals surface area contributed by atoms with E-state index in [2.05, 4.69) is 0 Å². The molecule has 2 aromatic carbocycles. The van der Waals surface area contributed by atoms with Crippen LogP contribution in [0.4, 0.5) is 5.69 Å². The number of aromatic hydroxyl groups is 1. The molecule has 2 aromatic rings. The van der Waals surface area contributed by atoms with Gasteiger partial charge in [-0.1, -0.05) is 24.3 Å². The largest absolute Gasteiger partial charge is 0.500 e. The zero-order chi connectivity index (χ0) is 18.1. The zero-order valence-corrected chi connectivity index (χ0v) is 13.2. The van der Waals surface area contributed by atoms with Gasteiger partial charge >= 0.3 is 5.69 Å². The van der Waals surface area contributed by atoms with Gasteiger partial charge in [0.25, 0.3) is 0 Å². The van der Waals surface area contributed by atoms with Crippen LogP contribution in [0.25, 0.3) is 6.08 Å². The Morgan fingerprint density at radius 3 is 2.28 bits per heavy atom. The molecule has 126 valence electrons. The molecule has 0 saturated carbocycles. The summed E-state index contributed by atoms with van der Waals surface area (Å²) in [6.45, 7) is 1.85. The first-order valence-corrected chi connectivity index (χ1v) is 7.48. The van der Waals surface area contributed by atoms with E-state index in [9.17, 15) is 24.8 Å². The number of ether oxygens (including phenoxy) is 1. The van der Waals surface area contributed by atoms with Crippen LogP contribution in [-0.2, 0) is 0 Å². The first-order valence-electron chi connectivity index (χ1n) is 7.48. The normalized spacial score (nSPS) is 12.9. The number of carbonyl (C=O) groups excluding carboxylic acids is 2. The third kappa shape index (κ3) is 2.76. The number of Topliss-reactive ketones (excluding diaryl/α,β-unsaturated/α-hetero) is 2. The van der Waals surface area contributed by atoms with E-state index in [4.69, 9.17) is 4.74 Å². The molecule has 1 aliphatic carbocycles. The van der Waals surface area contributed by atoms with E-state index in [1.54, 1.807) is 31.2 Å². The Balaban J connectivity index is 2.12. The monoisotopic (exact) mass is 339 g/mol. The van der Waals surface area contributed by atoms with Gasteiger partial charge in [0.2, 0.25) is 5.75 Å². The summed E-state index contributed by atoms with van der Waals surface area (Å²) >= 11 is 0. The van der Waals surface area contributed by atoms with Crippen molar-refractivity contribution >= 4 is 23.3 Å². The summed E-state index contributed by atoms with van der Waals surface area (Å²) < 4.78 is 5.19. The molecule has 25 heavy (non-hydrogen) atoms. The number of ketones is 2. The van der Waals surface area contributed by atoms with Gasteiger partial charge in [-0.25, -0.2) is 0 Å².